The largest absolute Gasteiger partial charge is 0.393 e. The van der Waals surface area contributed by atoms with Gasteiger partial charge in [-0.1, -0.05) is 0 Å². The van der Waals surface area contributed by atoms with E-state index in [0.717, 1.165) is 5.56 Å². The SMILES string of the molecule is CC(=O)N1c2ccc(C(N)=O)cc2C(Nc2ccc(C#N)cn2)C(CC[C@H](C)O)C1C. The molecule has 8 nitrogen and oxygen atoms in total. The molecule has 0 aliphatic carbocycles. The molecule has 1 aromatic heterocycles. The molecule has 0 saturated heterocycles. The van der Waals surface area contributed by atoms with Crippen molar-refractivity contribution in [3.05, 3.63) is 53.2 Å². The number of rotatable bonds is 6. The van der Waals surface area contributed by atoms with Gasteiger partial charge in [0.2, 0.25) is 11.8 Å². The van der Waals surface area contributed by atoms with Crippen molar-refractivity contribution in [1.82, 2.24) is 4.98 Å². The molecule has 1 aliphatic rings. The van der Waals surface area contributed by atoms with Crippen LogP contribution in [0.2, 0.25) is 0 Å². The average Bonchev–Trinajstić information content (AvgIpc) is 2.73. The highest BCUT2D eigenvalue weighted by atomic mass is 16.3. The number of nitrogens with zero attached hydrogens (tertiary/aromatic N) is 3. The Labute approximate surface area is 181 Å². The molecular weight excluding hydrogens is 394 g/mol. The predicted octanol–water partition coefficient (Wildman–Crippen LogP) is 2.74. The summed E-state index contributed by atoms with van der Waals surface area (Å²) >= 11 is 0. The summed E-state index contributed by atoms with van der Waals surface area (Å²) in [5.41, 5.74) is 7.80. The highest BCUT2D eigenvalue weighted by Gasteiger charge is 2.40. The lowest BCUT2D eigenvalue weighted by Crippen LogP contribution is -2.49. The minimum Gasteiger partial charge on any atom is -0.393 e. The van der Waals surface area contributed by atoms with Crippen LogP contribution in [0.1, 0.15) is 61.1 Å². The molecule has 2 heterocycles. The topological polar surface area (TPSA) is 132 Å². The van der Waals surface area contributed by atoms with E-state index in [0.29, 0.717) is 35.5 Å². The first-order valence-corrected chi connectivity index (χ1v) is 10.3. The number of aromatic nitrogens is 1. The van der Waals surface area contributed by atoms with Gasteiger partial charge >= 0.3 is 0 Å². The van der Waals surface area contributed by atoms with Gasteiger partial charge in [0.15, 0.2) is 0 Å². The fraction of sp³-hybridized carbons (Fsp3) is 0.391. The van der Waals surface area contributed by atoms with Gasteiger partial charge < -0.3 is 21.1 Å². The van der Waals surface area contributed by atoms with Crippen molar-refractivity contribution < 1.29 is 14.7 Å². The number of nitrogens with two attached hydrogens (primary N) is 1. The molecule has 0 bridgehead atoms. The zero-order valence-corrected chi connectivity index (χ0v) is 17.9. The second-order valence-corrected chi connectivity index (χ2v) is 8.02. The van der Waals surface area contributed by atoms with Gasteiger partial charge in [-0.15, -0.1) is 0 Å². The molecule has 4 atom stereocenters. The quantitative estimate of drug-likeness (QED) is 0.657. The summed E-state index contributed by atoms with van der Waals surface area (Å²) in [6.45, 7) is 5.24. The molecule has 1 aliphatic heterocycles. The van der Waals surface area contributed by atoms with Crippen LogP contribution in [-0.4, -0.2) is 34.1 Å². The summed E-state index contributed by atoms with van der Waals surface area (Å²) in [5, 5.41) is 22.3. The summed E-state index contributed by atoms with van der Waals surface area (Å²) in [7, 11) is 0. The van der Waals surface area contributed by atoms with Crippen molar-refractivity contribution in [1.29, 1.82) is 5.26 Å². The van der Waals surface area contributed by atoms with E-state index in [4.69, 9.17) is 11.0 Å². The molecule has 0 spiro atoms. The van der Waals surface area contributed by atoms with Crippen molar-refractivity contribution in [3.63, 3.8) is 0 Å². The van der Waals surface area contributed by atoms with E-state index in [1.54, 1.807) is 42.2 Å². The number of fused-ring (bicyclic) bond motifs is 1. The zero-order valence-electron chi connectivity index (χ0n) is 17.9. The summed E-state index contributed by atoms with van der Waals surface area (Å²) in [5.74, 6) is -0.138. The van der Waals surface area contributed by atoms with Crippen LogP contribution < -0.4 is 16.0 Å². The Bertz CT molecular complexity index is 1010. The molecule has 0 radical (unpaired) electrons. The van der Waals surface area contributed by atoms with Crippen molar-refractivity contribution >= 4 is 23.3 Å². The van der Waals surface area contributed by atoms with E-state index in [-0.39, 0.29) is 23.9 Å². The number of amides is 2. The number of carbonyl (C=O) groups is 2. The molecule has 0 saturated carbocycles. The second-order valence-electron chi connectivity index (χ2n) is 8.02. The number of nitrogens with one attached hydrogen (secondary N) is 1. The minimum atomic E-state index is -0.549. The van der Waals surface area contributed by atoms with Gasteiger partial charge in [0.25, 0.3) is 0 Å². The molecule has 4 N–H and O–H groups in total. The average molecular weight is 422 g/mol. The van der Waals surface area contributed by atoms with E-state index in [9.17, 15) is 14.7 Å². The fourth-order valence-electron chi connectivity index (χ4n) is 4.28. The molecule has 3 unspecified atom stereocenters. The van der Waals surface area contributed by atoms with Crippen LogP contribution in [0, 0.1) is 17.2 Å². The smallest absolute Gasteiger partial charge is 0.248 e. The van der Waals surface area contributed by atoms with E-state index in [1.165, 1.54) is 13.1 Å². The Morgan fingerprint density at radius 1 is 1.35 bits per heavy atom. The highest BCUT2D eigenvalue weighted by molar-refractivity contribution is 5.97. The molecular formula is C23H27N5O3. The van der Waals surface area contributed by atoms with E-state index >= 15 is 0 Å². The number of aliphatic hydroxyl groups excluding tert-OH is 1. The molecule has 2 amide bonds. The third-order valence-electron chi connectivity index (χ3n) is 5.81. The predicted molar refractivity (Wildman–Crippen MR) is 117 cm³/mol. The Kier molecular flexibility index (Phi) is 6.56. The van der Waals surface area contributed by atoms with Gasteiger partial charge in [0.05, 0.1) is 17.7 Å². The van der Waals surface area contributed by atoms with Crippen molar-refractivity contribution in [2.24, 2.45) is 11.7 Å². The number of hydrogen-bond acceptors (Lipinski definition) is 6. The lowest BCUT2D eigenvalue weighted by Gasteiger charge is -2.45. The van der Waals surface area contributed by atoms with E-state index < -0.39 is 12.0 Å². The van der Waals surface area contributed by atoms with Crippen LogP contribution in [0.25, 0.3) is 0 Å². The zero-order chi connectivity index (χ0) is 22.7. The van der Waals surface area contributed by atoms with Crippen LogP contribution >= 0.6 is 0 Å². The van der Waals surface area contributed by atoms with Gasteiger partial charge in [0, 0.05) is 36.3 Å². The standard InChI is InChI=1S/C23H27N5O3/c1-13(29)4-7-18-14(2)28(15(3)30)20-8-6-17(23(25)31)10-19(20)22(18)27-21-9-5-16(11-24)12-26-21/h5-6,8-10,12-14,18,22,29H,4,7H2,1-3H3,(H2,25,31)(H,26,27)/t13-,14?,18?,22?/m0/s1. The number of pyridine rings is 1. The normalized spacial score (nSPS) is 21.0. The number of primary amides is 1. The molecule has 3 rings (SSSR count). The molecule has 31 heavy (non-hydrogen) atoms. The van der Waals surface area contributed by atoms with Crippen LogP contribution in [0.3, 0.4) is 0 Å². The van der Waals surface area contributed by atoms with Gasteiger partial charge in [-0.25, -0.2) is 4.98 Å². The van der Waals surface area contributed by atoms with Crippen molar-refractivity contribution in [2.45, 2.75) is 51.8 Å². The van der Waals surface area contributed by atoms with Gasteiger partial charge in [-0.05, 0) is 62.6 Å². The molecule has 8 heteroatoms. The minimum absolute atomic E-state index is 0.0634. The van der Waals surface area contributed by atoms with Crippen LogP contribution in [0.5, 0.6) is 0 Å². The Morgan fingerprint density at radius 3 is 2.65 bits per heavy atom. The van der Waals surface area contributed by atoms with E-state index in [1.807, 2.05) is 13.0 Å². The van der Waals surface area contributed by atoms with Gasteiger partial charge in [-0.3, -0.25) is 9.59 Å². The maximum atomic E-state index is 12.5. The molecule has 1 aromatic carbocycles. The Hall–Kier alpha value is -3.44. The third kappa shape index (κ3) is 4.67. The molecule has 0 fully saturated rings. The lowest BCUT2D eigenvalue weighted by atomic mass is 9.78. The number of hydrogen-bond donors (Lipinski definition) is 3. The number of benzene rings is 1. The highest BCUT2D eigenvalue weighted by Crippen LogP contribution is 2.44. The third-order valence-corrected chi connectivity index (χ3v) is 5.81. The molecule has 2 aromatic rings. The molecule has 162 valence electrons. The Balaban J connectivity index is 2.11. The van der Waals surface area contributed by atoms with Gasteiger partial charge in [-0.2, -0.15) is 5.26 Å². The lowest BCUT2D eigenvalue weighted by molar-refractivity contribution is -0.117. The maximum absolute atomic E-state index is 12.5. The first-order valence-electron chi connectivity index (χ1n) is 10.3. The number of nitriles is 1. The van der Waals surface area contributed by atoms with E-state index in [2.05, 4.69) is 10.3 Å². The van der Waals surface area contributed by atoms with Crippen LogP contribution in [0.15, 0.2) is 36.5 Å². The second kappa shape index (κ2) is 9.14. The van der Waals surface area contributed by atoms with Crippen molar-refractivity contribution in [2.75, 3.05) is 10.2 Å². The fourth-order valence-corrected chi connectivity index (χ4v) is 4.28. The summed E-state index contributed by atoms with van der Waals surface area (Å²) in [6, 6.07) is 10.1. The number of aliphatic hydroxyl groups is 1. The summed E-state index contributed by atoms with van der Waals surface area (Å²) < 4.78 is 0. The van der Waals surface area contributed by atoms with Gasteiger partial charge in [0.1, 0.15) is 11.9 Å². The monoisotopic (exact) mass is 421 g/mol. The van der Waals surface area contributed by atoms with Crippen LogP contribution in [0.4, 0.5) is 11.5 Å². The first-order chi connectivity index (χ1) is 14.7. The Morgan fingerprint density at radius 2 is 2.10 bits per heavy atom. The first kappa shape index (κ1) is 22.2. The summed E-state index contributed by atoms with van der Waals surface area (Å²) in [4.78, 5) is 30.4. The maximum Gasteiger partial charge on any atom is 0.248 e. The summed E-state index contributed by atoms with van der Waals surface area (Å²) in [6.07, 6.45) is 2.22. The number of anilines is 2. The van der Waals surface area contributed by atoms with Crippen molar-refractivity contribution in [3.8, 4) is 6.07 Å². The number of carbonyl (C=O) groups excluding carboxylic acids is 2. The van der Waals surface area contributed by atoms with Crippen LogP contribution in [-0.2, 0) is 4.79 Å².